The highest BCUT2D eigenvalue weighted by Crippen LogP contribution is 2.23. The monoisotopic (exact) mass is 458 g/mol. The van der Waals surface area contributed by atoms with Crippen molar-refractivity contribution in [3.8, 4) is 5.75 Å². The first-order valence-electron chi connectivity index (χ1n) is 11.1. The van der Waals surface area contributed by atoms with Crippen molar-refractivity contribution in [1.82, 2.24) is 9.21 Å². The van der Waals surface area contributed by atoms with E-state index in [4.69, 9.17) is 9.47 Å². The molecule has 8 heteroatoms. The molecule has 1 atom stereocenters. The van der Waals surface area contributed by atoms with E-state index in [1.165, 1.54) is 4.31 Å². The van der Waals surface area contributed by atoms with Crippen LogP contribution in [-0.2, 0) is 14.8 Å². The van der Waals surface area contributed by atoms with Crippen molar-refractivity contribution >= 4 is 15.9 Å². The molecule has 172 valence electrons. The van der Waals surface area contributed by atoms with Gasteiger partial charge < -0.3 is 14.4 Å². The van der Waals surface area contributed by atoms with Crippen LogP contribution in [0.5, 0.6) is 5.75 Å². The van der Waals surface area contributed by atoms with E-state index in [0.29, 0.717) is 35.9 Å². The van der Waals surface area contributed by atoms with Crippen molar-refractivity contribution in [2.75, 3.05) is 39.4 Å². The van der Waals surface area contributed by atoms with Crippen LogP contribution >= 0.6 is 0 Å². The van der Waals surface area contributed by atoms with Crippen LogP contribution in [0, 0.1) is 13.8 Å². The third-order valence-corrected chi connectivity index (χ3v) is 8.09. The number of rotatable bonds is 6. The number of piperazine rings is 1. The molecule has 0 spiro atoms. The second-order valence-electron chi connectivity index (χ2n) is 8.44. The molecule has 2 aliphatic heterocycles. The SMILES string of the molecule is Cc1ccc(C)c(S(=O)(=O)N2CCN(C(=O)c3ccc(OCC4CCCO4)cc3)CC2)c1. The molecule has 1 unspecified atom stereocenters. The minimum Gasteiger partial charge on any atom is -0.491 e. The number of amides is 1. The Morgan fingerprint density at radius 1 is 1.06 bits per heavy atom. The normalized spacial score (nSPS) is 19.8. The first-order chi connectivity index (χ1) is 15.3. The molecule has 2 heterocycles. The number of sulfonamides is 1. The van der Waals surface area contributed by atoms with Gasteiger partial charge in [0.05, 0.1) is 11.0 Å². The average Bonchev–Trinajstić information content (AvgIpc) is 3.33. The Hall–Kier alpha value is -2.42. The molecule has 2 fully saturated rings. The number of ether oxygens (including phenoxy) is 2. The van der Waals surface area contributed by atoms with E-state index in [-0.39, 0.29) is 25.1 Å². The van der Waals surface area contributed by atoms with Crippen LogP contribution in [0.4, 0.5) is 0 Å². The van der Waals surface area contributed by atoms with Crippen molar-refractivity contribution in [1.29, 1.82) is 0 Å². The predicted octanol–water partition coefficient (Wildman–Crippen LogP) is 3.01. The van der Waals surface area contributed by atoms with E-state index >= 15 is 0 Å². The van der Waals surface area contributed by atoms with Crippen molar-refractivity contribution < 1.29 is 22.7 Å². The number of carbonyl (C=O) groups is 1. The molecule has 7 nitrogen and oxygen atoms in total. The van der Waals surface area contributed by atoms with E-state index in [1.807, 2.05) is 19.1 Å². The molecule has 0 N–H and O–H groups in total. The van der Waals surface area contributed by atoms with E-state index < -0.39 is 10.0 Å². The lowest BCUT2D eigenvalue weighted by molar-refractivity contribution is 0.0676. The zero-order valence-corrected chi connectivity index (χ0v) is 19.4. The lowest BCUT2D eigenvalue weighted by atomic mass is 10.2. The molecular formula is C24H30N2O5S. The fourth-order valence-corrected chi connectivity index (χ4v) is 5.83. The quantitative estimate of drug-likeness (QED) is 0.665. The third-order valence-electron chi connectivity index (χ3n) is 6.05. The molecule has 0 aromatic heterocycles. The molecular weight excluding hydrogens is 428 g/mol. The highest BCUT2D eigenvalue weighted by molar-refractivity contribution is 7.89. The Morgan fingerprint density at radius 3 is 2.44 bits per heavy atom. The van der Waals surface area contributed by atoms with Gasteiger partial charge in [0, 0.05) is 38.3 Å². The maximum absolute atomic E-state index is 13.1. The third kappa shape index (κ3) is 4.98. The van der Waals surface area contributed by atoms with Crippen LogP contribution < -0.4 is 4.74 Å². The fraction of sp³-hybridized carbons (Fsp3) is 0.458. The Kier molecular flexibility index (Phi) is 6.83. The van der Waals surface area contributed by atoms with E-state index in [1.54, 1.807) is 42.2 Å². The summed E-state index contributed by atoms with van der Waals surface area (Å²) in [5.41, 5.74) is 2.21. The number of nitrogens with zero attached hydrogens (tertiary/aromatic N) is 2. The summed E-state index contributed by atoms with van der Waals surface area (Å²) >= 11 is 0. The second kappa shape index (κ2) is 9.60. The minimum atomic E-state index is -3.58. The minimum absolute atomic E-state index is 0.0977. The second-order valence-corrected chi connectivity index (χ2v) is 10.3. The van der Waals surface area contributed by atoms with Gasteiger partial charge in [0.1, 0.15) is 12.4 Å². The Morgan fingerprint density at radius 2 is 1.78 bits per heavy atom. The van der Waals surface area contributed by atoms with Crippen LogP contribution in [0.2, 0.25) is 0 Å². The van der Waals surface area contributed by atoms with Gasteiger partial charge in [-0.25, -0.2) is 8.42 Å². The summed E-state index contributed by atoms with van der Waals surface area (Å²) < 4.78 is 39.0. The maximum Gasteiger partial charge on any atom is 0.253 e. The smallest absolute Gasteiger partial charge is 0.253 e. The predicted molar refractivity (Wildman–Crippen MR) is 121 cm³/mol. The van der Waals surface area contributed by atoms with E-state index in [2.05, 4.69) is 0 Å². The molecule has 0 bridgehead atoms. The molecule has 0 radical (unpaired) electrons. The van der Waals surface area contributed by atoms with Gasteiger partial charge in [-0.15, -0.1) is 0 Å². The number of benzene rings is 2. The van der Waals surface area contributed by atoms with Crippen molar-refractivity contribution in [3.63, 3.8) is 0 Å². The topological polar surface area (TPSA) is 76.2 Å². The molecule has 1 amide bonds. The summed E-state index contributed by atoms with van der Waals surface area (Å²) in [5.74, 6) is 0.612. The van der Waals surface area contributed by atoms with E-state index in [0.717, 1.165) is 30.6 Å². The Bertz CT molecular complexity index is 1050. The number of aryl methyl sites for hydroxylation is 2. The Labute approximate surface area is 190 Å². The van der Waals surface area contributed by atoms with Gasteiger partial charge in [0.15, 0.2) is 0 Å². The molecule has 2 aliphatic rings. The molecule has 2 saturated heterocycles. The van der Waals surface area contributed by atoms with Gasteiger partial charge in [-0.1, -0.05) is 12.1 Å². The highest BCUT2D eigenvalue weighted by Gasteiger charge is 2.31. The van der Waals surface area contributed by atoms with Crippen LogP contribution in [0.1, 0.15) is 34.3 Å². The first kappa shape index (κ1) is 22.8. The van der Waals surface area contributed by atoms with Crippen molar-refractivity contribution in [2.24, 2.45) is 0 Å². The molecule has 0 aliphatic carbocycles. The maximum atomic E-state index is 13.1. The molecule has 2 aromatic carbocycles. The molecule has 4 rings (SSSR count). The van der Waals surface area contributed by atoms with Gasteiger partial charge in [0.25, 0.3) is 5.91 Å². The summed E-state index contributed by atoms with van der Waals surface area (Å²) in [5, 5.41) is 0. The van der Waals surface area contributed by atoms with Crippen molar-refractivity contribution in [3.05, 3.63) is 59.2 Å². The van der Waals surface area contributed by atoms with Crippen LogP contribution in [0.15, 0.2) is 47.4 Å². The summed E-state index contributed by atoms with van der Waals surface area (Å²) in [6.07, 6.45) is 2.23. The largest absolute Gasteiger partial charge is 0.491 e. The molecule has 0 saturated carbocycles. The zero-order chi connectivity index (χ0) is 22.7. The van der Waals surface area contributed by atoms with Crippen molar-refractivity contribution in [2.45, 2.75) is 37.7 Å². The van der Waals surface area contributed by atoms with Gasteiger partial charge in [0.2, 0.25) is 10.0 Å². The molecule has 32 heavy (non-hydrogen) atoms. The number of hydrogen-bond acceptors (Lipinski definition) is 5. The molecule has 2 aromatic rings. The zero-order valence-electron chi connectivity index (χ0n) is 18.6. The average molecular weight is 459 g/mol. The van der Waals surface area contributed by atoms with Gasteiger partial charge in [-0.3, -0.25) is 4.79 Å². The standard InChI is InChI=1S/C24H30N2O5S/c1-18-5-6-19(2)23(16-18)32(28,29)26-13-11-25(12-14-26)24(27)20-7-9-21(10-8-20)31-17-22-4-3-15-30-22/h5-10,16,22H,3-4,11-15,17H2,1-2H3. The van der Waals surface area contributed by atoms with Gasteiger partial charge >= 0.3 is 0 Å². The fourth-order valence-electron chi connectivity index (χ4n) is 4.10. The summed E-state index contributed by atoms with van der Waals surface area (Å²) in [6.45, 7) is 6.29. The number of hydrogen-bond donors (Lipinski definition) is 0. The highest BCUT2D eigenvalue weighted by atomic mass is 32.2. The summed E-state index contributed by atoms with van der Waals surface area (Å²) in [7, 11) is -3.58. The van der Waals surface area contributed by atoms with E-state index in [9.17, 15) is 13.2 Å². The van der Waals surface area contributed by atoms with Crippen LogP contribution in [-0.4, -0.2) is 69.0 Å². The Balaban J connectivity index is 1.34. The lowest BCUT2D eigenvalue weighted by Gasteiger charge is -2.34. The summed E-state index contributed by atoms with van der Waals surface area (Å²) in [6, 6.07) is 12.6. The van der Waals surface area contributed by atoms with Gasteiger partial charge in [-0.2, -0.15) is 4.31 Å². The lowest BCUT2D eigenvalue weighted by Crippen LogP contribution is -2.50. The van der Waals surface area contributed by atoms with Crippen LogP contribution in [0.3, 0.4) is 0 Å². The van der Waals surface area contributed by atoms with Crippen LogP contribution in [0.25, 0.3) is 0 Å². The summed E-state index contributed by atoms with van der Waals surface area (Å²) in [4.78, 5) is 14.9. The first-order valence-corrected chi connectivity index (χ1v) is 12.5. The number of carbonyl (C=O) groups excluding carboxylic acids is 1. The van der Waals surface area contributed by atoms with Gasteiger partial charge in [-0.05, 0) is 68.1 Å².